The van der Waals surface area contributed by atoms with Crippen LogP contribution in [0.3, 0.4) is 0 Å². The zero-order valence-corrected chi connectivity index (χ0v) is 7.03. The van der Waals surface area contributed by atoms with Gasteiger partial charge in [-0.1, -0.05) is 0 Å². The maximum absolute atomic E-state index is 9.83. The Balaban J connectivity index is 2.11. The predicted octanol–water partition coefficient (Wildman–Crippen LogP) is 1.64. The second-order valence-electron chi connectivity index (χ2n) is 3.22. The molecule has 3 heteroatoms. The molecule has 0 aromatic heterocycles. The molecule has 66 valence electrons. The quantitative estimate of drug-likeness (QED) is 0.362. The number of ether oxygens (including phenoxy) is 1. The summed E-state index contributed by atoms with van der Waals surface area (Å²) in [7, 11) is 0. The zero-order valence-electron chi connectivity index (χ0n) is 7.03. The molecule has 0 heterocycles. The number of rotatable bonds is 4. The Morgan fingerprint density at radius 2 is 2.42 bits per heavy atom. The van der Waals surface area contributed by atoms with Crippen LogP contribution in [0.5, 0.6) is 0 Å². The molecule has 0 aromatic rings. The molecule has 1 rings (SSSR count). The van der Waals surface area contributed by atoms with Crippen LogP contribution in [-0.2, 0) is 9.53 Å². The smallest absolute Gasteiger partial charge is 0.293 e. The molecule has 0 aliphatic heterocycles. The third kappa shape index (κ3) is 2.54. The van der Waals surface area contributed by atoms with E-state index in [-0.39, 0.29) is 6.04 Å². The average molecular weight is 167 g/mol. The van der Waals surface area contributed by atoms with Crippen LogP contribution in [0.15, 0.2) is 0 Å². The first-order valence-electron chi connectivity index (χ1n) is 4.28. The summed E-state index contributed by atoms with van der Waals surface area (Å²) in [4.78, 5) is 13.3. The molecular formula is C9H13NO2. The fraction of sp³-hybridized carbons (Fsp3) is 0.778. The van der Waals surface area contributed by atoms with Crippen LogP contribution in [0.2, 0.25) is 0 Å². The molecule has 3 nitrogen and oxygen atoms in total. The van der Waals surface area contributed by atoms with Gasteiger partial charge in [-0.2, -0.15) is 0 Å². The molecule has 0 saturated heterocycles. The summed E-state index contributed by atoms with van der Waals surface area (Å²) in [5.41, 5.74) is 0. The summed E-state index contributed by atoms with van der Waals surface area (Å²) in [5.74, 6) is 0.601. The van der Waals surface area contributed by atoms with Crippen molar-refractivity contribution in [2.24, 2.45) is 5.92 Å². The maximum Gasteiger partial charge on any atom is 0.293 e. The van der Waals surface area contributed by atoms with Gasteiger partial charge in [-0.05, 0) is 18.8 Å². The second-order valence-corrected chi connectivity index (χ2v) is 3.22. The molecule has 1 saturated carbocycles. The van der Waals surface area contributed by atoms with Crippen molar-refractivity contribution in [1.82, 2.24) is 0 Å². The van der Waals surface area contributed by atoms with Gasteiger partial charge in [-0.25, -0.2) is 6.57 Å². The summed E-state index contributed by atoms with van der Waals surface area (Å²) >= 11 is 0. The van der Waals surface area contributed by atoms with Gasteiger partial charge in [0.25, 0.3) is 6.47 Å². The lowest BCUT2D eigenvalue weighted by Gasteiger charge is -2.05. The van der Waals surface area contributed by atoms with Crippen LogP contribution in [-0.4, -0.2) is 19.1 Å². The lowest BCUT2D eigenvalue weighted by molar-refractivity contribution is -0.129. The molecule has 1 aliphatic rings. The average Bonchev–Trinajstić information content (AvgIpc) is 2.53. The van der Waals surface area contributed by atoms with E-state index in [2.05, 4.69) is 9.58 Å². The lowest BCUT2D eigenvalue weighted by atomic mass is 10.0. The standard InChI is InChI=1S/C9H13NO2/c1-10-9-3-2-8(6-9)4-5-12-7-11/h7-9H,2-6H2. The molecule has 0 N–H and O–H groups in total. The van der Waals surface area contributed by atoms with E-state index in [1.54, 1.807) is 0 Å². The minimum atomic E-state index is 0.228. The molecule has 0 radical (unpaired) electrons. The molecule has 0 amide bonds. The van der Waals surface area contributed by atoms with Gasteiger partial charge in [0, 0.05) is 12.8 Å². The highest BCUT2D eigenvalue weighted by molar-refractivity contribution is 5.36. The predicted molar refractivity (Wildman–Crippen MR) is 44.4 cm³/mol. The summed E-state index contributed by atoms with van der Waals surface area (Å²) in [6.45, 7) is 7.84. The highest BCUT2D eigenvalue weighted by Crippen LogP contribution is 2.29. The van der Waals surface area contributed by atoms with Crippen LogP contribution < -0.4 is 0 Å². The molecule has 0 bridgehead atoms. The van der Waals surface area contributed by atoms with Gasteiger partial charge < -0.3 is 9.58 Å². The molecule has 1 aliphatic carbocycles. The minimum absolute atomic E-state index is 0.228. The van der Waals surface area contributed by atoms with Gasteiger partial charge in [-0.3, -0.25) is 4.79 Å². The normalized spacial score (nSPS) is 27.9. The summed E-state index contributed by atoms with van der Waals surface area (Å²) in [5, 5.41) is 0. The monoisotopic (exact) mass is 167 g/mol. The van der Waals surface area contributed by atoms with Crippen molar-refractivity contribution in [1.29, 1.82) is 0 Å². The highest BCUT2D eigenvalue weighted by Gasteiger charge is 2.27. The number of hydrogen-bond donors (Lipinski definition) is 0. The first kappa shape index (κ1) is 9.05. The Morgan fingerprint density at radius 1 is 1.58 bits per heavy atom. The Hall–Kier alpha value is -1.04. The third-order valence-corrected chi connectivity index (χ3v) is 2.41. The first-order chi connectivity index (χ1) is 5.86. The van der Waals surface area contributed by atoms with E-state index in [1.165, 1.54) is 0 Å². The highest BCUT2D eigenvalue weighted by atomic mass is 16.5. The summed E-state index contributed by atoms with van der Waals surface area (Å²) in [6.07, 6.45) is 4.06. The minimum Gasteiger partial charge on any atom is -0.468 e. The summed E-state index contributed by atoms with van der Waals surface area (Å²) in [6, 6.07) is 0.228. The van der Waals surface area contributed by atoms with Gasteiger partial charge in [0.2, 0.25) is 6.04 Å². The van der Waals surface area contributed by atoms with E-state index in [0.717, 1.165) is 25.7 Å². The second kappa shape index (κ2) is 4.76. The SMILES string of the molecule is [C-]#[N+]C1CCC(CCOC=O)C1. The summed E-state index contributed by atoms with van der Waals surface area (Å²) < 4.78 is 4.61. The van der Waals surface area contributed by atoms with Crippen molar-refractivity contribution in [3.05, 3.63) is 11.4 Å². The topological polar surface area (TPSA) is 30.7 Å². The third-order valence-electron chi connectivity index (χ3n) is 2.41. The van der Waals surface area contributed by atoms with Gasteiger partial charge in [0.05, 0.1) is 6.61 Å². The Kier molecular flexibility index (Phi) is 3.59. The van der Waals surface area contributed by atoms with Crippen molar-refractivity contribution in [3.63, 3.8) is 0 Å². The van der Waals surface area contributed by atoms with Crippen molar-refractivity contribution in [2.45, 2.75) is 31.7 Å². The number of carbonyl (C=O) groups excluding carboxylic acids is 1. The molecule has 0 aromatic carbocycles. The van der Waals surface area contributed by atoms with Crippen LogP contribution in [0.1, 0.15) is 25.7 Å². The number of hydrogen-bond acceptors (Lipinski definition) is 2. The molecule has 12 heavy (non-hydrogen) atoms. The number of nitrogens with zero attached hydrogens (tertiary/aromatic N) is 1. The first-order valence-corrected chi connectivity index (χ1v) is 4.28. The van der Waals surface area contributed by atoms with Crippen LogP contribution in [0.25, 0.3) is 4.85 Å². The Bertz CT molecular complexity index is 185. The maximum atomic E-state index is 9.83. The van der Waals surface area contributed by atoms with Gasteiger partial charge in [-0.15, -0.1) is 0 Å². The van der Waals surface area contributed by atoms with E-state index in [4.69, 9.17) is 6.57 Å². The molecule has 1 fully saturated rings. The fourth-order valence-electron chi connectivity index (χ4n) is 1.71. The zero-order chi connectivity index (χ0) is 8.81. The molecule has 2 atom stereocenters. The van der Waals surface area contributed by atoms with E-state index < -0.39 is 0 Å². The van der Waals surface area contributed by atoms with Crippen molar-refractivity contribution >= 4 is 6.47 Å². The van der Waals surface area contributed by atoms with Crippen LogP contribution >= 0.6 is 0 Å². The van der Waals surface area contributed by atoms with E-state index in [1.807, 2.05) is 0 Å². The lowest BCUT2D eigenvalue weighted by Crippen LogP contribution is -2.02. The number of carbonyl (C=O) groups is 1. The molecule has 2 unspecified atom stereocenters. The largest absolute Gasteiger partial charge is 0.468 e. The van der Waals surface area contributed by atoms with E-state index in [0.29, 0.717) is 19.0 Å². The van der Waals surface area contributed by atoms with E-state index >= 15 is 0 Å². The van der Waals surface area contributed by atoms with Crippen molar-refractivity contribution < 1.29 is 9.53 Å². The van der Waals surface area contributed by atoms with E-state index in [9.17, 15) is 4.79 Å². The Labute approximate surface area is 72.5 Å². The Morgan fingerprint density at radius 3 is 3.00 bits per heavy atom. The van der Waals surface area contributed by atoms with Gasteiger partial charge in [0.15, 0.2) is 0 Å². The molecule has 0 spiro atoms. The molecular weight excluding hydrogens is 154 g/mol. The van der Waals surface area contributed by atoms with Crippen LogP contribution in [0, 0.1) is 12.5 Å². The fourth-order valence-corrected chi connectivity index (χ4v) is 1.71. The van der Waals surface area contributed by atoms with Crippen molar-refractivity contribution in [3.8, 4) is 0 Å². The van der Waals surface area contributed by atoms with Crippen LogP contribution in [0.4, 0.5) is 0 Å². The van der Waals surface area contributed by atoms with Crippen molar-refractivity contribution in [2.75, 3.05) is 6.61 Å². The van der Waals surface area contributed by atoms with Gasteiger partial charge in [0.1, 0.15) is 0 Å². The van der Waals surface area contributed by atoms with Gasteiger partial charge >= 0.3 is 0 Å².